The first kappa shape index (κ1) is 24.6. The lowest BCUT2D eigenvalue weighted by Gasteiger charge is -2.25. The van der Waals surface area contributed by atoms with Crippen LogP contribution in [-0.4, -0.2) is 43.3 Å². The molecule has 4 rings (SSSR count). The van der Waals surface area contributed by atoms with Crippen LogP contribution in [0.2, 0.25) is 0 Å². The van der Waals surface area contributed by atoms with Crippen LogP contribution in [0.1, 0.15) is 36.6 Å². The maximum atomic E-state index is 14.1. The second kappa shape index (κ2) is 10.8. The molecule has 0 saturated carbocycles. The van der Waals surface area contributed by atoms with Gasteiger partial charge in [0.05, 0.1) is 20.8 Å². The van der Waals surface area contributed by atoms with Crippen LogP contribution in [-0.2, 0) is 40.1 Å². The molecule has 1 amide bonds. The molecule has 1 atom stereocenters. The molecule has 35 heavy (non-hydrogen) atoms. The monoisotopic (exact) mass is 482 g/mol. The van der Waals surface area contributed by atoms with Gasteiger partial charge in [0.2, 0.25) is 5.91 Å². The molecule has 0 aliphatic heterocycles. The minimum absolute atomic E-state index is 0.0511. The van der Waals surface area contributed by atoms with E-state index in [0.29, 0.717) is 43.8 Å². The first-order valence-corrected chi connectivity index (χ1v) is 11.9. The number of fused-ring (bicyclic) bond motifs is 3. The molecular formula is C27H31FN2O5. The highest BCUT2D eigenvalue weighted by atomic mass is 19.1. The molecule has 0 bridgehead atoms. The zero-order valence-electron chi connectivity index (χ0n) is 20.4. The van der Waals surface area contributed by atoms with E-state index in [-0.39, 0.29) is 30.3 Å². The molecule has 1 aromatic heterocycles. The Morgan fingerprint density at radius 3 is 2.74 bits per heavy atom. The van der Waals surface area contributed by atoms with E-state index >= 15 is 0 Å². The summed E-state index contributed by atoms with van der Waals surface area (Å²) in [6, 6.07) is 10.2. The second-order valence-corrected chi connectivity index (χ2v) is 8.64. The highest BCUT2D eigenvalue weighted by Crippen LogP contribution is 2.34. The number of aryl methyl sites for hydroxylation is 1. The summed E-state index contributed by atoms with van der Waals surface area (Å²) in [6.07, 6.45) is 2.84. The molecule has 1 aliphatic carbocycles. The third-order valence-corrected chi connectivity index (χ3v) is 6.49. The number of carbonyl (C=O) groups is 2. The number of nitrogens with zero attached hydrogens (tertiary/aromatic N) is 1. The molecule has 8 heteroatoms. The summed E-state index contributed by atoms with van der Waals surface area (Å²) in [5, 5.41) is 3.92. The predicted molar refractivity (Wildman–Crippen MR) is 130 cm³/mol. The zero-order chi connectivity index (χ0) is 24.9. The molecule has 0 radical (unpaired) electrons. The Bertz CT molecular complexity index is 1240. The number of halogens is 1. The minimum atomic E-state index is -0.327. The molecule has 0 saturated heterocycles. The lowest BCUT2D eigenvalue weighted by Crippen LogP contribution is -2.39. The molecule has 7 nitrogen and oxygen atoms in total. The van der Waals surface area contributed by atoms with Gasteiger partial charge in [0.1, 0.15) is 12.4 Å². The van der Waals surface area contributed by atoms with E-state index < -0.39 is 0 Å². The van der Waals surface area contributed by atoms with Crippen molar-refractivity contribution in [3.8, 4) is 11.5 Å². The number of hydrogen-bond donors (Lipinski definition) is 1. The average molecular weight is 483 g/mol. The van der Waals surface area contributed by atoms with Crippen LogP contribution < -0.4 is 14.8 Å². The lowest BCUT2D eigenvalue weighted by atomic mass is 9.91. The fourth-order valence-corrected chi connectivity index (χ4v) is 4.96. The predicted octanol–water partition coefficient (Wildman–Crippen LogP) is 3.97. The van der Waals surface area contributed by atoms with Crippen LogP contribution in [0, 0.1) is 5.82 Å². The van der Waals surface area contributed by atoms with Gasteiger partial charge in [0.25, 0.3) is 0 Å². The van der Waals surface area contributed by atoms with E-state index in [1.807, 2.05) is 22.8 Å². The van der Waals surface area contributed by atoms with Gasteiger partial charge < -0.3 is 24.1 Å². The van der Waals surface area contributed by atoms with Crippen LogP contribution >= 0.6 is 0 Å². The number of ether oxygens (including phenoxy) is 3. The van der Waals surface area contributed by atoms with E-state index in [0.717, 1.165) is 34.1 Å². The second-order valence-electron chi connectivity index (χ2n) is 8.64. The highest BCUT2D eigenvalue weighted by molar-refractivity contribution is 5.87. The van der Waals surface area contributed by atoms with E-state index in [4.69, 9.17) is 14.2 Å². The fraction of sp³-hybridized carbons (Fsp3) is 0.407. The molecule has 1 aliphatic rings. The number of carbonyl (C=O) groups excluding carboxylic acids is 2. The summed E-state index contributed by atoms with van der Waals surface area (Å²) in [5.41, 5.74) is 3.70. The topological polar surface area (TPSA) is 78.8 Å². The number of nitrogens with one attached hydrogen (secondary N) is 1. The Morgan fingerprint density at radius 2 is 2.00 bits per heavy atom. The number of esters is 1. The molecule has 1 heterocycles. The van der Waals surface area contributed by atoms with E-state index in [1.165, 1.54) is 12.1 Å². The van der Waals surface area contributed by atoms with Gasteiger partial charge in [-0.15, -0.1) is 0 Å². The quantitative estimate of drug-likeness (QED) is 0.467. The van der Waals surface area contributed by atoms with E-state index in [9.17, 15) is 14.0 Å². The van der Waals surface area contributed by atoms with E-state index in [1.54, 1.807) is 27.2 Å². The van der Waals surface area contributed by atoms with Crippen LogP contribution in [0.4, 0.5) is 4.39 Å². The first-order valence-electron chi connectivity index (χ1n) is 11.9. The van der Waals surface area contributed by atoms with Gasteiger partial charge in [-0.3, -0.25) is 9.59 Å². The number of aromatic nitrogens is 1. The van der Waals surface area contributed by atoms with Crippen LogP contribution in [0.25, 0.3) is 10.9 Å². The molecule has 1 N–H and O–H groups in total. The molecule has 186 valence electrons. The Kier molecular flexibility index (Phi) is 7.58. The number of amides is 1. The molecule has 2 aromatic carbocycles. The number of para-hydroxylation sites is 1. The Hall–Kier alpha value is -3.55. The van der Waals surface area contributed by atoms with Crippen LogP contribution in [0.3, 0.4) is 0 Å². The van der Waals surface area contributed by atoms with Crippen molar-refractivity contribution < 1.29 is 28.2 Å². The molecule has 0 spiro atoms. The van der Waals surface area contributed by atoms with Gasteiger partial charge >= 0.3 is 5.97 Å². The van der Waals surface area contributed by atoms with Crippen molar-refractivity contribution >= 4 is 22.8 Å². The van der Waals surface area contributed by atoms with Gasteiger partial charge in [0, 0.05) is 29.1 Å². The summed E-state index contributed by atoms with van der Waals surface area (Å²) >= 11 is 0. The van der Waals surface area contributed by atoms with Gasteiger partial charge in [0.15, 0.2) is 11.5 Å². The number of methoxy groups -OCH3 is 2. The van der Waals surface area contributed by atoms with Crippen molar-refractivity contribution in [1.82, 2.24) is 9.88 Å². The van der Waals surface area contributed by atoms with Crippen molar-refractivity contribution in [3.63, 3.8) is 0 Å². The average Bonchev–Trinajstić information content (AvgIpc) is 3.14. The normalized spacial score (nSPS) is 14.9. The van der Waals surface area contributed by atoms with E-state index in [2.05, 4.69) is 5.32 Å². The van der Waals surface area contributed by atoms with Gasteiger partial charge in [-0.1, -0.05) is 12.1 Å². The molecule has 0 unspecified atom stereocenters. The first-order chi connectivity index (χ1) is 16.9. The summed E-state index contributed by atoms with van der Waals surface area (Å²) in [6.45, 7) is 2.17. The Labute approximate surface area is 204 Å². The van der Waals surface area contributed by atoms with Crippen molar-refractivity contribution in [1.29, 1.82) is 0 Å². The minimum Gasteiger partial charge on any atom is -0.493 e. The maximum Gasteiger partial charge on any atom is 0.325 e. The highest BCUT2D eigenvalue weighted by Gasteiger charge is 2.27. The third kappa shape index (κ3) is 5.26. The van der Waals surface area contributed by atoms with Crippen molar-refractivity contribution in [3.05, 3.63) is 59.0 Å². The van der Waals surface area contributed by atoms with Gasteiger partial charge in [-0.25, -0.2) is 4.39 Å². The molecular weight excluding hydrogens is 451 g/mol. The van der Waals surface area contributed by atoms with Crippen LogP contribution in [0.5, 0.6) is 11.5 Å². The van der Waals surface area contributed by atoms with Crippen molar-refractivity contribution in [2.75, 3.05) is 20.8 Å². The van der Waals surface area contributed by atoms with Crippen LogP contribution in [0.15, 0.2) is 36.4 Å². The fourth-order valence-electron chi connectivity index (χ4n) is 4.96. The Balaban J connectivity index is 1.48. The standard InChI is InChI=1S/C27H31FN2O5/c1-4-35-26(32)16-30-22-11-9-18(28)14-20(22)21-15-19(10-12-23(21)30)29-25(31)13-8-17-6-5-7-24(33-2)27(17)34-3/h5-7,9,11,14,19H,4,8,10,12-13,15-16H2,1-3H3,(H,29,31)/t19-/m0/s1. The summed E-state index contributed by atoms with van der Waals surface area (Å²) in [7, 11) is 3.17. The smallest absolute Gasteiger partial charge is 0.325 e. The van der Waals surface area contributed by atoms with Gasteiger partial charge in [-0.2, -0.15) is 0 Å². The summed E-state index contributed by atoms with van der Waals surface area (Å²) < 4.78 is 32.0. The SMILES string of the molecule is CCOC(=O)Cn1c2c(c3cc(F)ccc31)C[C@@H](NC(=O)CCc1cccc(OC)c1OC)CC2. The molecule has 3 aromatic rings. The third-order valence-electron chi connectivity index (χ3n) is 6.49. The number of rotatable bonds is 9. The lowest BCUT2D eigenvalue weighted by molar-refractivity contribution is -0.143. The van der Waals surface area contributed by atoms with Crippen molar-refractivity contribution in [2.24, 2.45) is 0 Å². The number of benzene rings is 2. The number of hydrogen-bond acceptors (Lipinski definition) is 5. The van der Waals surface area contributed by atoms with Crippen molar-refractivity contribution in [2.45, 2.75) is 51.6 Å². The Morgan fingerprint density at radius 1 is 1.17 bits per heavy atom. The largest absolute Gasteiger partial charge is 0.493 e. The van der Waals surface area contributed by atoms with Gasteiger partial charge in [-0.05, 0) is 68.0 Å². The molecule has 0 fully saturated rings. The zero-order valence-corrected chi connectivity index (χ0v) is 20.4. The maximum absolute atomic E-state index is 14.1. The summed E-state index contributed by atoms with van der Waals surface area (Å²) in [5.74, 6) is 0.579. The summed E-state index contributed by atoms with van der Waals surface area (Å²) in [4.78, 5) is 25.0.